The van der Waals surface area contributed by atoms with Gasteiger partial charge >= 0.3 is 0 Å². The van der Waals surface area contributed by atoms with Gasteiger partial charge < -0.3 is 14.0 Å². The highest BCUT2D eigenvalue weighted by atomic mass is 32.2. The van der Waals surface area contributed by atoms with Crippen molar-refractivity contribution in [2.24, 2.45) is 5.10 Å². The summed E-state index contributed by atoms with van der Waals surface area (Å²) in [7, 11) is 3.14. The van der Waals surface area contributed by atoms with Crippen LogP contribution < -0.4 is 14.9 Å². The summed E-state index contributed by atoms with van der Waals surface area (Å²) in [4.78, 5) is 12.2. The topological polar surface area (TPSA) is 90.6 Å². The van der Waals surface area contributed by atoms with Crippen LogP contribution in [0.5, 0.6) is 11.5 Å². The molecule has 0 bridgehead atoms. The molecule has 162 valence electrons. The highest BCUT2D eigenvalue weighted by molar-refractivity contribution is 7.99. The number of rotatable bonds is 9. The minimum atomic E-state index is -0.232. The lowest BCUT2D eigenvalue weighted by molar-refractivity contribution is -0.118. The van der Waals surface area contributed by atoms with Crippen LogP contribution in [-0.2, 0) is 11.3 Å². The molecule has 9 heteroatoms. The number of hydrogen-bond donors (Lipinski definition) is 1. The molecule has 1 amide bonds. The maximum absolute atomic E-state index is 12.2. The largest absolute Gasteiger partial charge is 0.493 e. The summed E-state index contributed by atoms with van der Waals surface area (Å²) < 4.78 is 12.5. The molecule has 31 heavy (non-hydrogen) atoms. The first-order valence-electron chi connectivity index (χ1n) is 9.72. The van der Waals surface area contributed by atoms with Crippen molar-refractivity contribution in [1.82, 2.24) is 20.2 Å². The second kappa shape index (κ2) is 10.6. The Kier molecular flexibility index (Phi) is 7.66. The molecule has 1 aromatic heterocycles. The normalized spacial score (nSPS) is 11.0. The number of carbonyl (C=O) groups excluding carboxylic acids is 1. The van der Waals surface area contributed by atoms with Gasteiger partial charge in [-0.25, -0.2) is 5.43 Å². The number of amides is 1. The van der Waals surface area contributed by atoms with Gasteiger partial charge in [0.25, 0.3) is 5.91 Å². The smallest absolute Gasteiger partial charge is 0.250 e. The second-order valence-corrected chi connectivity index (χ2v) is 7.56. The number of nitrogens with zero attached hydrogens (tertiary/aromatic N) is 4. The zero-order chi connectivity index (χ0) is 22.2. The van der Waals surface area contributed by atoms with Crippen molar-refractivity contribution in [3.63, 3.8) is 0 Å². The van der Waals surface area contributed by atoms with Gasteiger partial charge in [-0.15, -0.1) is 10.2 Å². The van der Waals surface area contributed by atoms with Crippen molar-refractivity contribution in [3.05, 3.63) is 53.6 Å². The van der Waals surface area contributed by atoms with Crippen LogP contribution in [0.3, 0.4) is 0 Å². The summed E-state index contributed by atoms with van der Waals surface area (Å²) in [6.07, 6.45) is 1.55. The third kappa shape index (κ3) is 5.64. The van der Waals surface area contributed by atoms with E-state index < -0.39 is 0 Å². The Bertz CT molecular complexity index is 1060. The standard InChI is InChI=1S/C22H25N5O3S/c1-5-27-21(17-9-6-15(2)7-10-17)25-26-22(27)31-14-20(28)24-23-13-16-8-11-18(29-3)19(12-16)30-4/h6-13H,5,14H2,1-4H3,(H,24,28)/b23-13-. The van der Waals surface area contributed by atoms with Gasteiger partial charge in [-0.1, -0.05) is 41.6 Å². The van der Waals surface area contributed by atoms with Gasteiger partial charge in [-0.05, 0) is 37.6 Å². The second-order valence-electron chi connectivity index (χ2n) is 6.61. The first-order chi connectivity index (χ1) is 15.0. The number of hydrogen-bond acceptors (Lipinski definition) is 7. The van der Waals surface area contributed by atoms with E-state index in [0.717, 1.165) is 17.0 Å². The number of carbonyl (C=O) groups is 1. The van der Waals surface area contributed by atoms with Crippen LogP contribution >= 0.6 is 11.8 Å². The van der Waals surface area contributed by atoms with Gasteiger partial charge in [0, 0.05) is 12.1 Å². The maximum atomic E-state index is 12.2. The number of benzene rings is 2. The van der Waals surface area contributed by atoms with Crippen molar-refractivity contribution in [3.8, 4) is 22.9 Å². The number of thioether (sulfide) groups is 1. The van der Waals surface area contributed by atoms with Gasteiger partial charge in [0.2, 0.25) is 0 Å². The first kappa shape index (κ1) is 22.4. The molecule has 0 saturated heterocycles. The molecule has 0 fully saturated rings. The third-order valence-corrected chi connectivity index (χ3v) is 5.45. The Labute approximate surface area is 185 Å². The van der Waals surface area contributed by atoms with E-state index in [9.17, 15) is 4.79 Å². The van der Waals surface area contributed by atoms with E-state index in [1.165, 1.54) is 17.3 Å². The zero-order valence-electron chi connectivity index (χ0n) is 18.0. The number of aromatic nitrogens is 3. The molecular formula is C22H25N5O3S. The highest BCUT2D eigenvalue weighted by Crippen LogP contribution is 2.27. The molecule has 1 heterocycles. The summed E-state index contributed by atoms with van der Waals surface area (Å²) in [6, 6.07) is 13.5. The molecule has 3 rings (SSSR count). The molecule has 0 radical (unpaired) electrons. The van der Waals surface area contributed by atoms with Crippen LogP contribution in [0.4, 0.5) is 0 Å². The van der Waals surface area contributed by atoms with Crippen molar-refractivity contribution < 1.29 is 14.3 Å². The monoisotopic (exact) mass is 439 g/mol. The van der Waals surface area contributed by atoms with E-state index in [2.05, 4.69) is 20.7 Å². The number of hydrazone groups is 1. The van der Waals surface area contributed by atoms with Crippen LogP contribution in [0.15, 0.2) is 52.7 Å². The molecule has 0 aliphatic rings. The van der Waals surface area contributed by atoms with Crippen LogP contribution in [0, 0.1) is 6.92 Å². The van der Waals surface area contributed by atoms with Gasteiger partial charge in [-0.2, -0.15) is 5.10 Å². The lowest BCUT2D eigenvalue weighted by atomic mass is 10.1. The predicted octanol–water partition coefficient (Wildman–Crippen LogP) is 3.53. The van der Waals surface area contributed by atoms with E-state index in [-0.39, 0.29) is 11.7 Å². The van der Waals surface area contributed by atoms with Crippen LogP contribution in [0.25, 0.3) is 11.4 Å². The predicted molar refractivity (Wildman–Crippen MR) is 122 cm³/mol. The fourth-order valence-electron chi connectivity index (χ4n) is 2.87. The molecule has 0 atom stereocenters. The maximum Gasteiger partial charge on any atom is 0.250 e. The molecule has 0 spiro atoms. The summed E-state index contributed by atoms with van der Waals surface area (Å²) in [6.45, 7) is 4.78. The summed E-state index contributed by atoms with van der Waals surface area (Å²) >= 11 is 1.32. The Morgan fingerprint density at radius 2 is 1.87 bits per heavy atom. The number of aryl methyl sites for hydroxylation is 1. The molecular weight excluding hydrogens is 414 g/mol. The number of ether oxygens (including phenoxy) is 2. The molecule has 0 aliphatic carbocycles. The van der Waals surface area contributed by atoms with Crippen LogP contribution in [0.1, 0.15) is 18.1 Å². The average Bonchev–Trinajstić information content (AvgIpc) is 3.21. The summed E-state index contributed by atoms with van der Waals surface area (Å²) in [5.74, 6) is 1.96. The number of methoxy groups -OCH3 is 2. The molecule has 0 unspecified atom stereocenters. The summed E-state index contributed by atoms with van der Waals surface area (Å²) in [5, 5.41) is 13.3. The van der Waals surface area contributed by atoms with Gasteiger partial charge in [-0.3, -0.25) is 4.79 Å². The molecule has 0 saturated carbocycles. The van der Waals surface area contributed by atoms with Gasteiger partial charge in [0.1, 0.15) is 0 Å². The molecule has 3 aromatic rings. The third-order valence-electron chi connectivity index (χ3n) is 4.49. The highest BCUT2D eigenvalue weighted by Gasteiger charge is 2.14. The van der Waals surface area contributed by atoms with E-state index in [1.54, 1.807) is 32.6 Å². The van der Waals surface area contributed by atoms with Crippen molar-refractivity contribution in [1.29, 1.82) is 0 Å². The Balaban J connectivity index is 1.58. The fraction of sp³-hybridized carbons (Fsp3) is 0.273. The first-order valence-corrected chi connectivity index (χ1v) is 10.7. The molecule has 2 aromatic carbocycles. The Hall–Kier alpha value is -3.33. The van der Waals surface area contributed by atoms with E-state index in [4.69, 9.17) is 9.47 Å². The Morgan fingerprint density at radius 3 is 2.55 bits per heavy atom. The van der Waals surface area contributed by atoms with Gasteiger partial charge in [0.15, 0.2) is 22.5 Å². The van der Waals surface area contributed by atoms with Crippen molar-refractivity contribution >= 4 is 23.9 Å². The average molecular weight is 440 g/mol. The zero-order valence-corrected chi connectivity index (χ0v) is 18.8. The number of nitrogens with one attached hydrogen (secondary N) is 1. The molecule has 8 nitrogen and oxygen atoms in total. The summed E-state index contributed by atoms with van der Waals surface area (Å²) in [5.41, 5.74) is 5.49. The van der Waals surface area contributed by atoms with E-state index in [1.807, 2.05) is 48.7 Å². The van der Waals surface area contributed by atoms with Crippen molar-refractivity contribution in [2.45, 2.75) is 25.5 Å². The van der Waals surface area contributed by atoms with Gasteiger partial charge in [0.05, 0.1) is 26.2 Å². The minimum Gasteiger partial charge on any atom is -0.493 e. The Morgan fingerprint density at radius 1 is 1.13 bits per heavy atom. The lowest BCUT2D eigenvalue weighted by Crippen LogP contribution is -2.20. The minimum absolute atomic E-state index is 0.176. The quantitative estimate of drug-likeness (QED) is 0.312. The van der Waals surface area contributed by atoms with E-state index >= 15 is 0 Å². The lowest BCUT2D eigenvalue weighted by Gasteiger charge is -2.08. The SMILES string of the molecule is CCn1c(SCC(=O)N/N=C\c2ccc(OC)c(OC)c2)nnc1-c1ccc(C)cc1. The fourth-order valence-corrected chi connectivity index (χ4v) is 3.67. The van der Waals surface area contributed by atoms with E-state index in [0.29, 0.717) is 23.2 Å². The van der Waals surface area contributed by atoms with Crippen LogP contribution in [0.2, 0.25) is 0 Å². The molecule has 1 N–H and O–H groups in total. The van der Waals surface area contributed by atoms with Crippen LogP contribution in [-0.4, -0.2) is 46.9 Å². The molecule has 0 aliphatic heterocycles. The van der Waals surface area contributed by atoms with Crippen molar-refractivity contribution in [2.75, 3.05) is 20.0 Å².